The molecule has 0 N–H and O–H groups in total. The lowest BCUT2D eigenvalue weighted by molar-refractivity contribution is 0.112. The van der Waals surface area contributed by atoms with E-state index in [-0.39, 0.29) is 0 Å². The highest BCUT2D eigenvalue weighted by atomic mass is 35.5. The maximum absolute atomic E-state index is 11.2. The smallest absolute Gasteiger partial charge is 0.150 e. The average molecular weight is 263 g/mol. The molecule has 0 bridgehead atoms. The Morgan fingerprint density at radius 1 is 1.33 bits per heavy atom. The summed E-state index contributed by atoms with van der Waals surface area (Å²) in [5.74, 6) is 0.302. The first kappa shape index (κ1) is 12.8. The average Bonchev–Trinajstić information content (AvgIpc) is 2.71. The number of rotatable bonds is 3. The van der Waals surface area contributed by atoms with E-state index < -0.39 is 0 Å². The quantitative estimate of drug-likeness (QED) is 0.791. The van der Waals surface area contributed by atoms with Crippen molar-refractivity contribution in [3.63, 3.8) is 0 Å². The Balaban J connectivity index is 2.65. The third-order valence-electron chi connectivity index (χ3n) is 2.83. The third-order valence-corrected chi connectivity index (χ3v) is 3.07. The van der Waals surface area contributed by atoms with Gasteiger partial charge in [0, 0.05) is 29.4 Å². The minimum absolute atomic E-state index is 0.302. The van der Waals surface area contributed by atoms with Gasteiger partial charge in [0.05, 0.1) is 5.69 Å². The lowest BCUT2D eigenvalue weighted by atomic mass is 9.97. The Bertz CT molecular complexity index is 587. The molecule has 1 aromatic carbocycles. The van der Waals surface area contributed by atoms with E-state index >= 15 is 0 Å². The number of aldehydes is 1. The molecule has 0 aliphatic heterocycles. The van der Waals surface area contributed by atoms with E-state index in [0.29, 0.717) is 16.5 Å². The zero-order valence-electron chi connectivity index (χ0n) is 10.6. The highest BCUT2D eigenvalue weighted by Gasteiger charge is 2.15. The molecule has 2 rings (SSSR count). The number of hydrogen-bond donors (Lipinski definition) is 0. The van der Waals surface area contributed by atoms with Gasteiger partial charge in [0.1, 0.15) is 0 Å². The number of benzene rings is 1. The normalized spacial score (nSPS) is 10.9. The Kier molecular flexibility index (Phi) is 3.53. The SMILES string of the molecule is CC(C)c1nn(C)cc1-c1ccc(Cl)cc1C=O. The van der Waals surface area contributed by atoms with Crippen LogP contribution in [0.15, 0.2) is 24.4 Å². The van der Waals surface area contributed by atoms with Crippen molar-refractivity contribution in [1.29, 1.82) is 0 Å². The summed E-state index contributed by atoms with van der Waals surface area (Å²) in [4.78, 5) is 11.2. The van der Waals surface area contributed by atoms with Gasteiger partial charge in [0.25, 0.3) is 0 Å². The predicted octanol–water partition coefficient (Wildman–Crippen LogP) is 3.68. The van der Waals surface area contributed by atoms with Gasteiger partial charge in [0.2, 0.25) is 0 Å². The first-order chi connectivity index (χ1) is 8.52. The van der Waals surface area contributed by atoms with Crippen molar-refractivity contribution >= 4 is 17.9 Å². The van der Waals surface area contributed by atoms with Crippen LogP contribution in [-0.2, 0) is 7.05 Å². The largest absolute Gasteiger partial charge is 0.298 e. The van der Waals surface area contributed by atoms with Gasteiger partial charge in [0.15, 0.2) is 6.29 Å². The zero-order chi connectivity index (χ0) is 13.3. The van der Waals surface area contributed by atoms with Crippen LogP contribution in [0.5, 0.6) is 0 Å². The van der Waals surface area contributed by atoms with Gasteiger partial charge in [-0.2, -0.15) is 5.10 Å². The molecule has 1 heterocycles. The maximum Gasteiger partial charge on any atom is 0.150 e. The van der Waals surface area contributed by atoms with Crippen LogP contribution in [0.4, 0.5) is 0 Å². The number of aryl methyl sites for hydroxylation is 1. The first-order valence-corrected chi connectivity index (χ1v) is 6.19. The fourth-order valence-corrected chi connectivity index (χ4v) is 2.20. The summed E-state index contributed by atoms with van der Waals surface area (Å²) in [6.07, 6.45) is 2.77. The highest BCUT2D eigenvalue weighted by Crippen LogP contribution is 2.31. The lowest BCUT2D eigenvalue weighted by Crippen LogP contribution is -1.95. The van der Waals surface area contributed by atoms with Crippen LogP contribution < -0.4 is 0 Å². The van der Waals surface area contributed by atoms with Crippen molar-refractivity contribution in [2.45, 2.75) is 19.8 Å². The van der Waals surface area contributed by atoms with Gasteiger partial charge in [-0.15, -0.1) is 0 Å². The second-order valence-electron chi connectivity index (χ2n) is 4.61. The number of carbonyl (C=O) groups excluding carboxylic acids is 1. The Morgan fingerprint density at radius 3 is 2.67 bits per heavy atom. The highest BCUT2D eigenvalue weighted by molar-refractivity contribution is 6.31. The topological polar surface area (TPSA) is 34.9 Å². The van der Waals surface area contributed by atoms with Crippen molar-refractivity contribution in [1.82, 2.24) is 9.78 Å². The molecule has 0 aliphatic carbocycles. The van der Waals surface area contributed by atoms with Crippen LogP contribution in [0.3, 0.4) is 0 Å². The minimum Gasteiger partial charge on any atom is -0.298 e. The summed E-state index contributed by atoms with van der Waals surface area (Å²) in [6.45, 7) is 4.17. The molecule has 0 unspecified atom stereocenters. The predicted molar refractivity (Wildman–Crippen MR) is 73.1 cm³/mol. The summed E-state index contributed by atoms with van der Waals surface area (Å²) in [7, 11) is 1.88. The molecule has 94 valence electrons. The molecule has 1 aromatic heterocycles. The van der Waals surface area contributed by atoms with Gasteiger partial charge < -0.3 is 0 Å². The van der Waals surface area contributed by atoms with Gasteiger partial charge in [-0.1, -0.05) is 31.5 Å². The number of hydrogen-bond acceptors (Lipinski definition) is 2. The summed E-state index contributed by atoms with van der Waals surface area (Å²) < 4.78 is 1.77. The van der Waals surface area contributed by atoms with Crippen LogP contribution in [-0.4, -0.2) is 16.1 Å². The van der Waals surface area contributed by atoms with E-state index in [1.165, 1.54) is 0 Å². The fourth-order valence-electron chi connectivity index (χ4n) is 2.02. The second kappa shape index (κ2) is 4.94. The van der Waals surface area contributed by atoms with E-state index in [2.05, 4.69) is 18.9 Å². The Hall–Kier alpha value is -1.61. The van der Waals surface area contributed by atoms with Crippen molar-refractivity contribution in [2.75, 3.05) is 0 Å². The van der Waals surface area contributed by atoms with Crippen molar-refractivity contribution in [2.24, 2.45) is 7.05 Å². The number of aromatic nitrogens is 2. The van der Waals surface area contributed by atoms with Crippen LogP contribution in [0.2, 0.25) is 5.02 Å². The van der Waals surface area contributed by atoms with Crippen LogP contribution in [0, 0.1) is 0 Å². The van der Waals surface area contributed by atoms with Gasteiger partial charge >= 0.3 is 0 Å². The number of nitrogens with zero attached hydrogens (tertiary/aromatic N) is 2. The van der Waals surface area contributed by atoms with Crippen molar-refractivity contribution in [3.8, 4) is 11.1 Å². The van der Waals surface area contributed by atoms with Gasteiger partial charge in [-0.3, -0.25) is 9.48 Å². The Morgan fingerprint density at radius 2 is 2.06 bits per heavy atom. The second-order valence-corrected chi connectivity index (χ2v) is 5.04. The van der Waals surface area contributed by atoms with Crippen LogP contribution >= 0.6 is 11.6 Å². The molecule has 0 atom stereocenters. The first-order valence-electron chi connectivity index (χ1n) is 5.81. The van der Waals surface area contributed by atoms with Crippen molar-refractivity contribution in [3.05, 3.63) is 40.7 Å². The van der Waals surface area contributed by atoms with E-state index in [1.807, 2.05) is 19.3 Å². The van der Waals surface area contributed by atoms with Gasteiger partial charge in [-0.25, -0.2) is 0 Å². The fraction of sp³-hybridized carbons (Fsp3) is 0.286. The van der Waals surface area contributed by atoms with Crippen LogP contribution in [0.1, 0.15) is 35.8 Å². The lowest BCUT2D eigenvalue weighted by Gasteiger charge is -2.07. The number of halogens is 1. The molecule has 3 nitrogen and oxygen atoms in total. The number of carbonyl (C=O) groups is 1. The van der Waals surface area contributed by atoms with Crippen molar-refractivity contribution < 1.29 is 4.79 Å². The van der Waals surface area contributed by atoms with E-state index in [9.17, 15) is 4.79 Å². The zero-order valence-corrected chi connectivity index (χ0v) is 11.4. The molecule has 0 saturated heterocycles. The molecule has 0 fully saturated rings. The monoisotopic (exact) mass is 262 g/mol. The van der Waals surface area contributed by atoms with E-state index in [4.69, 9.17) is 11.6 Å². The molecular weight excluding hydrogens is 248 g/mol. The maximum atomic E-state index is 11.2. The molecule has 0 aliphatic rings. The summed E-state index contributed by atoms with van der Waals surface area (Å²) in [5, 5.41) is 5.02. The summed E-state index contributed by atoms with van der Waals surface area (Å²) in [6, 6.07) is 5.34. The summed E-state index contributed by atoms with van der Waals surface area (Å²) in [5.41, 5.74) is 3.46. The summed E-state index contributed by atoms with van der Waals surface area (Å²) >= 11 is 5.91. The van der Waals surface area contributed by atoms with E-state index in [0.717, 1.165) is 23.1 Å². The minimum atomic E-state index is 0.302. The molecule has 0 radical (unpaired) electrons. The Labute approximate surface area is 111 Å². The van der Waals surface area contributed by atoms with E-state index in [1.54, 1.807) is 16.8 Å². The molecule has 0 amide bonds. The van der Waals surface area contributed by atoms with Gasteiger partial charge in [-0.05, 0) is 23.6 Å². The molecule has 18 heavy (non-hydrogen) atoms. The molecule has 4 heteroatoms. The molecule has 0 spiro atoms. The molecule has 2 aromatic rings. The molecule has 0 saturated carbocycles. The van der Waals surface area contributed by atoms with Crippen LogP contribution in [0.25, 0.3) is 11.1 Å². The molecular formula is C14H15ClN2O. The standard InChI is InChI=1S/C14H15ClN2O/c1-9(2)14-13(7-17(3)16-14)12-5-4-11(15)6-10(12)8-18/h4-9H,1-3H3. The third kappa shape index (κ3) is 2.31.